The molecule has 0 fully saturated rings. The minimum Gasteiger partial charge on any atom is -0.282 e. The molecule has 0 aromatic heterocycles. The molecule has 0 spiro atoms. The zero-order chi connectivity index (χ0) is 15.5. The van der Waals surface area contributed by atoms with Crippen molar-refractivity contribution >= 4 is 31.6 Å². The van der Waals surface area contributed by atoms with Gasteiger partial charge in [-0.1, -0.05) is 13.8 Å². The van der Waals surface area contributed by atoms with E-state index in [1.165, 1.54) is 0 Å². The summed E-state index contributed by atoms with van der Waals surface area (Å²) < 4.78 is 63.7. The molecule has 0 radical (unpaired) electrons. The lowest BCUT2D eigenvalue weighted by atomic mass is 9.82. The van der Waals surface area contributed by atoms with Crippen molar-refractivity contribution in [3.8, 4) is 0 Å². The van der Waals surface area contributed by atoms with Gasteiger partial charge in [-0.15, -0.1) is 0 Å². The van der Waals surface area contributed by atoms with E-state index >= 15 is 0 Å². The molecule has 0 amide bonds. The maximum atomic E-state index is 11.5. The van der Waals surface area contributed by atoms with Crippen LogP contribution in [0.4, 0.5) is 5.69 Å². The van der Waals surface area contributed by atoms with E-state index in [2.05, 4.69) is 4.99 Å². The topological polar surface area (TPSA) is 121 Å². The highest BCUT2D eigenvalue weighted by Gasteiger charge is 2.38. The third-order valence-corrected chi connectivity index (χ3v) is 5.16. The summed E-state index contributed by atoms with van der Waals surface area (Å²) in [6.45, 7) is 5.08. The Kier molecular flexibility index (Phi) is 3.10. The summed E-state index contributed by atoms with van der Waals surface area (Å²) in [6, 6.07) is 1.82. The van der Waals surface area contributed by atoms with Crippen LogP contribution in [0.25, 0.3) is 0 Å². The molecule has 7 nitrogen and oxygen atoms in total. The Bertz CT molecular complexity index is 834. The monoisotopic (exact) mass is 319 g/mol. The molecule has 1 aromatic carbocycles. The Morgan fingerprint density at radius 1 is 1.05 bits per heavy atom. The number of fused-ring (bicyclic) bond motifs is 1. The van der Waals surface area contributed by atoms with Crippen LogP contribution in [0, 0.1) is 0 Å². The summed E-state index contributed by atoms with van der Waals surface area (Å²) in [5.74, 6) is 0. The standard InChI is InChI=1S/C11H13NO6S2/c1-6-11(2,3)10-8(12-6)4-7(19(13,14)15)5-9(10)20(16,17)18/h4-5H,1-3H3,(H,13,14,15)(H,16,17,18). The van der Waals surface area contributed by atoms with E-state index in [9.17, 15) is 21.4 Å². The van der Waals surface area contributed by atoms with Crippen molar-refractivity contribution in [2.75, 3.05) is 0 Å². The van der Waals surface area contributed by atoms with Crippen LogP contribution in [0.1, 0.15) is 26.3 Å². The van der Waals surface area contributed by atoms with Crippen molar-refractivity contribution in [2.45, 2.75) is 36.0 Å². The van der Waals surface area contributed by atoms with Crippen LogP contribution in [-0.2, 0) is 25.7 Å². The number of hydrogen-bond donors (Lipinski definition) is 2. The zero-order valence-electron chi connectivity index (χ0n) is 10.9. The van der Waals surface area contributed by atoms with Gasteiger partial charge >= 0.3 is 0 Å². The van der Waals surface area contributed by atoms with Crippen molar-refractivity contribution < 1.29 is 25.9 Å². The molecule has 2 N–H and O–H groups in total. The van der Waals surface area contributed by atoms with Crippen LogP contribution in [-0.4, -0.2) is 31.7 Å². The normalized spacial score (nSPS) is 17.8. The average molecular weight is 319 g/mol. The summed E-state index contributed by atoms with van der Waals surface area (Å²) >= 11 is 0. The highest BCUT2D eigenvalue weighted by molar-refractivity contribution is 7.86. The smallest absolute Gasteiger partial charge is 0.282 e. The number of hydrogen-bond acceptors (Lipinski definition) is 5. The number of aliphatic imine (C=N–C) groups is 1. The highest BCUT2D eigenvalue weighted by atomic mass is 32.2. The van der Waals surface area contributed by atoms with E-state index in [4.69, 9.17) is 4.55 Å². The predicted molar refractivity (Wildman–Crippen MR) is 71.9 cm³/mol. The second kappa shape index (κ2) is 4.10. The molecule has 1 heterocycles. The molecule has 110 valence electrons. The predicted octanol–water partition coefficient (Wildman–Crippen LogP) is 1.56. The van der Waals surface area contributed by atoms with Crippen LogP contribution in [0.3, 0.4) is 0 Å². The molecule has 0 saturated heterocycles. The molecule has 0 bridgehead atoms. The van der Waals surface area contributed by atoms with E-state index in [1.807, 2.05) is 0 Å². The summed E-state index contributed by atoms with van der Waals surface area (Å²) in [6.07, 6.45) is 0. The van der Waals surface area contributed by atoms with E-state index in [1.54, 1.807) is 20.8 Å². The largest absolute Gasteiger partial charge is 0.294 e. The van der Waals surface area contributed by atoms with Crippen molar-refractivity contribution in [3.63, 3.8) is 0 Å². The van der Waals surface area contributed by atoms with Crippen LogP contribution in [0.5, 0.6) is 0 Å². The Morgan fingerprint density at radius 3 is 2.05 bits per heavy atom. The first-order valence-corrected chi connectivity index (χ1v) is 8.42. The molecule has 2 rings (SSSR count). The third kappa shape index (κ3) is 2.26. The summed E-state index contributed by atoms with van der Waals surface area (Å²) in [4.78, 5) is 2.93. The summed E-state index contributed by atoms with van der Waals surface area (Å²) in [5.41, 5.74) is 0.128. The first-order valence-electron chi connectivity index (χ1n) is 5.54. The van der Waals surface area contributed by atoms with Gasteiger partial charge < -0.3 is 0 Å². The molecule has 9 heteroatoms. The highest BCUT2D eigenvalue weighted by Crippen LogP contribution is 2.44. The molecule has 0 aliphatic carbocycles. The van der Waals surface area contributed by atoms with Gasteiger partial charge in [-0.25, -0.2) is 0 Å². The van der Waals surface area contributed by atoms with Gasteiger partial charge in [0.15, 0.2) is 0 Å². The molecule has 0 atom stereocenters. The Labute approximate surface area is 116 Å². The van der Waals surface area contributed by atoms with Gasteiger partial charge in [0.05, 0.1) is 10.6 Å². The lowest BCUT2D eigenvalue weighted by molar-refractivity contribution is 0.478. The number of rotatable bonds is 2. The average Bonchev–Trinajstić information content (AvgIpc) is 2.46. The summed E-state index contributed by atoms with van der Waals surface area (Å²) in [5, 5.41) is 0. The minimum absolute atomic E-state index is 0.107. The first kappa shape index (κ1) is 15.1. The molecule has 1 aromatic rings. The molecule has 1 aliphatic heterocycles. The van der Waals surface area contributed by atoms with Crippen molar-refractivity contribution in [2.24, 2.45) is 4.99 Å². The van der Waals surface area contributed by atoms with Gasteiger partial charge in [0.25, 0.3) is 20.2 Å². The quantitative estimate of drug-likeness (QED) is 0.798. The van der Waals surface area contributed by atoms with E-state index in [0.29, 0.717) is 5.71 Å². The van der Waals surface area contributed by atoms with Crippen LogP contribution in [0.2, 0.25) is 0 Å². The van der Waals surface area contributed by atoms with Crippen molar-refractivity contribution in [1.29, 1.82) is 0 Å². The lowest BCUT2D eigenvalue weighted by Crippen LogP contribution is -2.25. The molecular weight excluding hydrogens is 306 g/mol. The molecule has 20 heavy (non-hydrogen) atoms. The minimum atomic E-state index is -4.65. The molecular formula is C11H13NO6S2. The Balaban J connectivity index is 2.95. The second-order valence-corrected chi connectivity index (χ2v) is 7.90. The second-order valence-electron chi connectivity index (χ2n) is 5.09. The van der Waals surface area contributed by atoms with Gasteiger partial charge in [-0.2, -0.15) is 16.8 Å². The SMILES string of the molecule is CC1=Nc2cc(S(=O)(=O)O)cc(S(=O)(=O)O)c2C1(C)C. The molecule has 0 unspecified atom stereocenters. The fourth-order valence-electron chi connectivity index (χ4n) is 2.15. The van der Waals surface area contributed by atoms with Crippen molar-refractivity contribution in [1.82, 2.24) is 0 Å². The van der Waals surface area contributed by atoms with Crippen LogP contribution < -0.4 is 0 Å². The van der Waals surface area contributed by atoms with Crippen LogP contribution in [0.15, 0.2) is 26.9 Å². The number of benzene rings is 1. The van der Waals surface area contributed by atoms with Crippen LogP contribution >= 0.6 is 0 Å². The van der Waals surface area contributed by atoms with Crippen molar-refractivity contribution in [3.05, 3.63) is 17.7 Å². The fraction of sp³-hybridized carbons (Fsp3) is 0.364. The third-order valence-electron chi connectivity index (χ3n) is 3.45. The number of nitrogens with zero attached hydrogens (tertiary/aromatic N) is 1. The first-order chi connectivity index (χ1) is 8.85. The molecule has 1 aliphatic rings. The maximum Gasteiger partial charge on any atom is 0.294 e. The lowest BCUT2D eigenvalue weighted by Gasteiger charge is -2.22. The molecule has 0 saturated carbocycles. The summed E-state index contributed by atoms with van der Waals surface area (Å²) in [7, 11) is -9.26. The van der Waals surface area contributed by atoms with Gasteiger partial charge in [-0.3, -0.25) is 14.1 Å². The van der Waals surface area contributed by atoms with E-state index in [-0.39, 0.29) is 11.3 Å². The van der Waals surface area contributed by atoms with Gasteiger partial charge in [-0.05, 0) is 19.1 Å². The maximum absolute atomic E-state index is 11.5. The zero-order valence-corrected chi connectivity index (χ0v) is 12.6. The Morgan fingerprint density at radius 2 is 1.60 bits per heavy atom. The van der Waals surface area contributed by atoms with E-state index < -0.39 is 35.4 Å². The fourth-order valence-corrected chi connectivity index (χ4v) is 3.64. The van der Waals surface area contributed by atoms with E-state index in [0.717, 1.165) is 12.1 Å². The Hall–Kier alpha value is -1.29. The van der Waals surface area contributed by atoms with Gasteiger partial charge in [0, 0.05) is 16.7 Å². The van der Waals surface area contributed by atoms with Gasteiger partial charge in [0.2, 0.25) is 0 Å². The van der Waals surface area contributed by atoms with Gasteiger partial charge in [0.1, 0.15) is 4.90 Å².